The molecule has 2 nitrogen and oxygen atoms in total. The van der Waals surface area contributed by atoms with E-state index in [9.17, 15) is 13.2 Å². The van der Waals surface area contributed by atoms with Gasteiger partial charge in [0, 0.05) is 5.02 Å². The lowest BCUT2D eigenvalue weighted by Gasteiger charge is -2.15. The predicted octanol–water partition coefficient (Wildman–Crippen LogP) is 4.29. The quantitative estimate of drug-likeness (QED) is 0.918. The summed E-state index contributed by atoms with van der Waals surface area (Å²) < 4.78 is 40.0. The molecule has 0 spiro atoms. The molecule has 20 heavy (non-hydrogen) atoms. The van der Waals surface area contributed by atoms with Crippen LogP contribution in [0.5, 0.6) is 5.75 Å². The normalized spacial score (nSPS) is 13.1. The molecule has 0 heterocycles. The third kappa shape index (κ3) is 3.65. The van der Waals surface area contributed by atoms with E-state index in [0.717, 1.165) is 0 Å². The fourth-order valence-electron chi connectivity index (χ4n) is 1.78. The summed E-state index contributed by atoms with van der Waals surface area (Å²) in [6.45, 7) is 0. The highest BCUT2D eigenvalue weighted by atomic mass is 35.5. The van der Waals surface area contributed by atoms with E-state index in [1.807, 2.05) is 0 Å². The third-order valence-corrected chi connectivity index (χ3v) is 3.06. The van der Waals surface area contributed by atoms with E-state index in [2.05, 4.69) is 4.74 Å². The van der Waals surface area contributed by atoms with Crippen molar-refractivity contribution in [2.75, 3.05) is 0 Å². The molecule has 0 saturated carbocycles. The summed E-state index contributed by atoms with van der Waals surface area (Å²) in [4.78, 5) is 0. The molecule has 1 atom stereocenters. The van der Waals surface area contributed by atoms with Gasteiger partial charge >= 0.3 is 6.36 Å². The van der Waals surface area contributed by atoms with E-state index >= 15 is 0 Å². The first kappa shape index (κ1) is 14.7. The minimum absolute atomic E-state index is 0.285. The average Bonchev–Trinajstić information content (AvgIpc) is 2.37. The topological polar surface area (TPSA) is 35.2 Å². The van der Waals surface area contributed by atoms with Crippen LogP contribution in [-0.2, 0) is 0 Å². The van der Waals surface area contributed by atoms with Crippen LogP contribution in [-0.4, -0.2) is 6.36 Å². The van der Waals surface area contributed by atoms with Crippen molar-refractivity contribution in [2.24, 2.45) is 5.73 Å². The molecule has 0 unspecified atom stereocenters. The van der Waals surface area contributed by atoms with Gasteiger partial charge in [-0.05, 0) is 29.3 Å². The molecule has 0 aliphatic carbocycles. The molecular weight excluding hydrogens is 291 g/mol. The molecule has 0 aliphatic heterocycles. The third-order valence-electron chi connectivity index (χ3n) is 2.71. The van der Waals surface area contributed by atoms with Gasteiger partial charge in [0.15, 0.2) is 0 Å². The molecule has 0 radical (unpaired) electrons. The maximum atomic E-state index is 12.1. The minimum Gasteiger partial charge on any atom is -0.406 e. The second-order valence-corrected chi connectivity index (χ2v) is 4.52. The second kappa shape index (κ2) is 5.73. The molecule has 2 aromatic carbocycles. The summed E-state index contributed by atoms with van der Waals surface area (Å²) >= 11 is 6.03. The number of hydrogen-bond donors (Lipinski definition) is 1. The lowest BCUT2D eigenvalue weighted by atomic mass is 9.99. The van der Waals surface area contributed by atoms with Crippen LogP contribution < -0.4 is 10.5 Å². The van der Waals surface area contributed by atoms with Gasteiger partial charge in [0.1, 0.15) is 5.75 Å². The van der Waals surface area contributed by atoms with E-state index in [0.29, 0.717) is 16.1 Å². The van der Waals surface area contributed by atoms with Crippen LogP contribution in [0, 0.1) is 0 Å². The molecule has 0 fully saturated rings. The Morgan fingerprint density at radius 3 is 2.15 bits per heavy atom. The summed E-state index contributed by atoms with van der Waals surface area (Å²) in [7, 11) is 0. The summed E-state index contributed by atoms with van der Waals surface area (Å²) in [5.41, 5.74) is 7.40. The van der Waals surface area contributed by atoms with Crippen LogP contribution in [0.3, 0.4) is 0 Å². The first-order valence-corrected chi connectivity index (χ1v) is 6.10. The highest BCUT2D eigenvalue weighted by Crippen LogP contribution is 2.28. The van der Waals surface area contributed by atoms with Crippen LogP contribution in [0.15, 0.2) is 48.5 Å². The Hall–Kier alpha value is -1.72. The Morgan fingerprint density at radius 1 is 1.00 bits per heavy atom. The zero-order valence-corrected chi connectivity index (χ0v) is 10.9. The maximum absolute atomic E-state index is 12.1. The van der Waals surface area contributed by atoms with Crippen molar-refractivity contribution in [3.63, 3.8) is 0 Å². The van der Waals surface area contributed by atoms with Crippen LogP contribution in [0.25, 0.3) is 0 Å². The molecule has 6 heteroatoms. The molecule has 106 valence electrons. The van der Waals surface area contributed by atoms with Crippen molar-refractivity contribution in [1.29, 1.82) is 0 Å². The maximum Gasteiger partial charge on any atom is 0.573 e. The largest absolute Gasteiger partial charge is 0.573 e. The standard InChI is InChI=1S/C14H11ClF3NO/c15-12-4-2-1-3-11(12)13(19)9-5-7-10(8-6-9)20-14(16,17)18/h1-8,13H,19H2/t13-/m0/s1. The summed E-state index contributed by atoms with van der Waals surface area (Å²) in [6, 6.07) is 11.9. The van der Waals surface area contributed by atoms with Crippen molar-refractivity contribution in [2.45, 2.75) is 12.4 Å². The van der Waals surface area contributed by atoms with Gasteiger partial charge in [0.05, 0.1) is 6.04 Å². The number of hydrogen-bond acceptors (Lipinski definition) is 2. The van der Waals surface area contributed by atoms with Gasteiger partial charge in [0.25, 0.3) is 0 Å². The Labute approximate surface area is 118 Å². The van der Waals surface area contributed by atoms with Gasteiger partial charge in [-0.1, -0.05) is 41.9 Å². The zero-order valence-electron chi connectivity index (χ0n) is 10.2. The summed E-state index contributed by atoms with van der Waals surface area (Å²) in [5.74, 6) is -0.285. The van der Waals surface area contributed by atoms with E-state index in [-0.39, 0.29) is 5.75 Å². The lowest BCUT2D eigenvalue weighted by molar-refractivity contribution is -0.274. The number of alkyl halides is 3. The van der Waals surface area contributed by atoms with Gasteiger partial charge in [-0.2, -0.15) is 0 Å². The van der Waals surface area contributed by atoms with Crippen molar-refractivity contribution in [1.82, 2.24) is 0 Å². The molecule has 0 amide bonds. The molecule has 0 saturated heterocycles. The van der Waals surface area contributed by atoms with Gasteiger partial charge in [-0.25, -0.2) is 0 Å². The van der Waals surface area contributed by atoms with Crippen LogP contribution in [0.4, 0.5) is 13.2 Å². The fourth-order valence-corrected chi connectivity index (χ4v) is 2.04. The smallest absolute Gasteiger partial charge is 0.406 e. The molecule has 0 bridgehead atoms. The van der Waals surface area contributed by atoms with Crippen LogP contribution >= 0.6 is 11.6 Å². The zero-order chi connectivity index (χ0) is 14.8. The Kier molecular flexibility index (Phi) is 4.20. The van der Waals surface area contributed by atoms with Crippen LogP contribution in [0.2, 0.25) is 5.02 Å². The van der Waals surface area contributed by atoms with Gasteiger partial charge in [-0.3, -0.25) is 0 Å². The van der Waals surface area contributed by atoms with Crippen molar-refractivity contribution >= 4 is 11.6 Å². The molecule has 0 aliphatic rings. The lowest BCUT2D eigenvalue weighted by Crippen LogP contribution is -2.17. The first-order chi connectivity index (χ1) is 9.37. The SMILES string of the molecule is N[C@@H](c1ccc(OC(F)(F)F)cc1)c1ccccc1Cl. The highest BCUT2D eigenvalue weighted by molar-refractivity contribution is 6.31. The van der Waals surface area contributed by atoms with E-state index in [1.54, 1.807) is 24.3 Å². The number of ether oxygens (including phenoxy) is 1. The number of rotatable bonds is 3. The molecule has 0 aromatic heterocycles. The monoisotopic (exact) mass is 301 g/mol. The number of halogens is 4. The van der Waals surface area contributed by atoms with Crippen LogP contribution in [0.1, 0.15) is 17.2 Å². The van der Waals surface area contributed by atoms with E-state index in [1.165, 1.54) is 24.3 Å². The van der Waals surface area contributed by atoms with Crippen molar-refractivity contribution in [3.8, 4) is 5.75 Å². The van der Waals surface area contributed by atoms with Gasteiger partial charge in [-0.15, -0.1) is 13.2 Å². The molecular formula is C14H11ClF3NO. The number of benzene rings is 2. The molecule has 2 aromatic rings. The minimum atomic E-state index is -4.70. The number of nitrogens with two attached hydrogens (primary N) is 1. The summed E-state index contributed by atoms with van der Waals surface area (Å²) in [6.07, 6.45) is -4.70. The molecule has 2 N–H and O–H groups in total. The second-order valence-electron chi connectivity index (χ2n) is 4.12. The summed E-state index contributed by atoms with van der Waals surface area (Å²) in [5, 5.41) is 0.510. The van der Waals surface area contributed by atoms with Gasteiger partial charge < -0.3 is 10.5 Å². The Bertz CT molecular complexity index is 584. The molecule has 2 rings (SSSR count). The first-order valence-electron chi connectivity index (χ1n) is 5.72. The fraction of sp³-hybridized carbons (Fsp3) is 0.143. The Morgan fingerprint density at radius 2 is 1.60 bits per heavy atom. The van der Waals surface area contributed by atoms with Gasteiger partial charge in [0.2, 0.25) is 0 Å². The predicted molar refractivity (Wildman–Crippen MR) is 70.6 cm³/mol. The Balaban J connectivity index is 2.20. The highest BCUT2D eigenvalue weighted by Gasteiger charge is 2.31. The van der Waals surface area contributed by atoms with E-state index < -0.39 is 12.4 Å². The van der Waals surface area contributed by atoms with Crippen molar-refractivity contribution < 1.29 is 17.9 Å². The van der Waals surface area contributed by atoms with Crippen molar-refractivity contribution in [3.05, 3.63) is 64.7 Å². The van der Waals surface area contributed by atoms with E-state index in [4.69, 9.17) is 17.3 Å². The average molecular weight is 302 g/mol.